The predicted molar refractivity (Wildman–Crippen MR) is 69.7 cm³/mol. The van der Waals surface area contributed by atoms with Crippen molar-refractivity contribution in [2.75, 3.05) is 7.11 Å². The normalized spacial score (nSPS) is 28.8. The van der Waals surface area contributed by atoms with Crippen LogP contribution in [-0.2, 0) is 9.53 Å². The molecule has 1 saturated carbocycles. The van der Waals surface area contributed by atoms with Crippen LogP contribution in [0.15, 0.2) is 0 Å². The molecular formula is C14H27NO2. The van der Waals surface area contributed by atoms with Crippen LogP contribution in [0.3, 0.4) is 0 Å². The van der Waals surface area contributed by atoms with Crippen molar-refractivity contribution in [1.82, 2.24) is 0 Å². The fourth-order valence-electron chi connectivity index (χ4n) is 2.66. The summed E-state index contributed by atoms with van der Waals surface area (Å²) in [7, 11) is 1.46. The molecule has 17 heavy (non-hydrogen) atoms. The topological polar surface area (TPSA) is 52.3 Å². The highest BCUT2D eigenvalue weighted by Crippen LogP contribution is 2.21. The third-order valence-corrected chi connectivity index (χ3v) is 3.82. The Balaban J connectivity index is 2.47. The zero-order valence-electron chi connectivity index (χ0n) is 11.1. The van der Waals surface area contributed by atoms with Crippen molar-refractivity contribution in [3.05, 3.63) is 0 Å². The fraction of sp³-hybridized carbons (Fsp3) is 0.929. The summed E-state index contributed by atoms with van der Waals surface area (Å²) in [5.41, 5.74) is 6.13. The molecule has 0 aromatic rings. The second kappa shape index (κ2) is 8.51. The smallest absolute Gasteiger partial charge is 0.310 e. The highest BCUT2D eigenvalue weighted by atomic mass is 16.5. The van der Waals surface area contributed by atoms with Gasteiger partial charge in [0.25, 0.3) is 0 Å². The number of hydrogen-bond acceptors (Lipinski definition) is 3. The Morgan fingerprint density at radius 2 is 1.41 bits per heavy atom. The number of carbonyl (C=O) groups is 1. The molecule has 100 valence electrons. The molecule has 0 amide bonds. The van der Waals surface area contributed by atoms with E-state index in [4.69, 9.17) is 10.5 Å². The lowest BCUT2D eigenvalue weighted by Gasteiger charge is -2.22. The van der Waals surface area contributed by atoms with Crippen molar-refractivity contribution in [2.24, 2.45) is 11.7 Å². The Bertz CT molecular complexity index is 218. The molecule has 0 heterocycles. The van der Waals surface area contributed by atoms with Gasteiger partial charge >= 0.3 is 5.97 Å². The van der Waals surface area contributed by atoms with Gasteiger partial charge in [-0.1, -0.05) is 51.4 Å². The van der Waals surface area contributed by atoms with Gasteiger partial charge in [0.05, 0.1) is 13.0 Å². The minimum absolute atomic E-state index is 0.0122. The minimum atomic E-state index is -0.116. The van der Waals surface area contributed by atoms with Crippen LogP contribution in [0.5, 0.6) is 0 Å². The van der Waals surface area contributed by atoms with E-state index in [-0.39, 0.29) is 17.9 Å². The van der Waals surface area contributed by atoms with E-state index >= 15 is 0 Å². The molecule has 2 N–H and O–H groups in total. The van der Waals surface area contributed by atoms with Gasteiger partial charge in [0.1, 0.15) is 0 Å². The Labute approximate surface area is 105 Å². The maximum absolute atomic E-state index is 11.7. The molecule has 0 saturated heterocycles. The number of hydrogen-bond donors (Lipinski definition) is 1. The number of methoxy groups -OCH3 is 1. The van der Waals surface area contributed by atoms with Crippen LogP contribution in [0.2, 0.25) is 0 Å². The van der Waals surface area contributed by atoms with E-state index in [2.05, 4.69) is 0 Å². The first-order valence-electron chi connectivity index (χ1n) is 7.09. The number of rotatable bonds is 1. The largest absolute Gasteiger partial charge is 0.469 e. The number of ether oxygens (including phenoxy) is 1. The summed E-state index contributed by atoms with van der Waals surface area (Å²) in [5.74, 6) is -0.200. The van der Waals surface area contributed by atoms with Crippen LogP contribution < -0.4 is 5.73 Å². The van der Waals surface area contributed by atoms with E-state index in [0.717, 1.165) is 25.7 Å². The lowest BCUT2D eigenvalue weighted by atomic mass is 9.89. The second-order valence-electron chi connectivity index (χ2n) is 5.20. The van der Waals surface area contributed by atoms with E-state index in [0.29, 0.717) is 0 Å². The van der Waals surface area contributed by atoms with Crippen LogP contribution in [0, 0.1) is 5.92 Å². The number of carbonyl (C=O) groups excluding carboxylic acids is 1. The van der Waals surface area contributed by atoms with Crippen LogP contribution >= 0.6 is 0 Å². The van der Waals surface area contributed by atoms with E-state index in [9.17, 15) is 4.79 Å². The molecule has 1 fully saturated rings. The summed E-state index contributed by atoms with van der Waals surface area (Å²) >= 11 is 0. The highest BCUT2D eigenvalue weighted by Gasteiger charge is 2.25. The third-order valence-electron chi connectivity index (χ3n) is 3.82. The summed E-state index contributed by atoms with van der Waals surface area (Å²) in [5, 5.41) is 0. The van der Waals surface area contributed by atoms with Gasteiger partial charge in [-0.25, -0.2) is 0 Å². The van der Waals surface area contributed by atoms with E-state index in [1.165, 1.54) is 45.6 Å². The van der Waals surface area contributed by atoms with Gasteiger partial charge in [0.15, 0.2) is 0 Å². The van der Waals surface area contributed by atoms with Crippen LogP contribution in [0.4, 0.5) is 0 Å². The summed E-state index contributed by atoms with van der Waals surface area (Å²) in [6, 6.07) is -0.0122. The molecule has 0 radical (unpaired) electrons. The monoisotopic (exact) mass is 241 g/mol. The molecule has 1 aliphatic rings. The van der Waals surface area contributed by atoms with E-state index in [1.54, 1.807) is 0 Å². The molecule has 2 atom stereocenters. The van der Waals surface area contributed by atoms with Gasteiger partial charge in [0, 0.05) is 6.04 Å². The molecule has 3 heteroatoms. The van der Waals surface area contributed by atoms with E-state index < -0.39 is 0 Å². The second-order valence-corrected chi connectivity index (χ2v) is 5.20. The van der Waals surface area contributed by atoms with Gasteiger partial charge in [0.2, 0.25) is 0 Å². The maximum atomic E-state index is 11.7. The molecule has 0 spiro atoms. The Hall–Kier alpha value is -0.570. The van der Waals surface area contributed by atoms with E-state index in [1.807, 2.05) is 0 Å². The zero-order valence-corrected chi connectivity index (χ0v) is 11.1. The fourth-order valence-corrected chi connectivity index (χ4v) is 2.66. The molecule has 0 aromatic heterocycles. The number of nitrogens with two attached hydrogens (primary N) is 1. The predicted octanol–water partition coefficient (Wildman–Crippen LogP) is 3.02. The standard InChI is InChI=1S/C14H27NO2/c1-17-14(16)12-10-8-6-4-2-3-5-7-9-11-13(12)15/h12-13H,2-11,15H2,1H3/t12-,13+/m1/s1. The Kier molecular flexibility index (Phi) is 7.25. The third kappa shape index (κ3) is 5.53. The summed E-state index contributed by atoms with van der Waals surface area (Å²) in [6.07, 6.45) is 11.9. The van der Waals surface area contributed by atoms with Crippen molar-refractivity contribution >= 4 is 5.97 Å². The zero-order chi connectivity index (χ0) is 12.5. The van der Waals surface area contributed by atoms with Gasteiger partial charge in [-0.3, -0.25) is 4.79 Å². The lowest BCUT2D eigenvalue weighted by molar-refractivity contribution is -0.146. The molecule has 0 unspecified atom stereocenters. The molecule has 0 aromatic carbocycles. The van der Waals surface area contributed by atoms with Crippen molar-refractivity contribution in [3.8, 4) is 0 Å². The Morgan fingerprint density at radius 1 is 0.941 bits per heavy atom. The number of esters is 1. The van der Waals surface area contributed by atoms with Gasteiger partial charge < -0.3 is 10.5 Å². The SMILES string of the molecule is COC(=O)[C@@H]1CCCCCCCCCC[C@@H]1N. The van der Waals surface area contributed by atoms with Gasteiger partial charge in [-0.15, -0.1) is 0 Å². The van der Waals surface area contributed by atoms with Crippen molar-refractivity contribution in [3.63, 3.8) is 0 Å². The summed E-state index contributed by atoms with van der Waals surface area (Å²) in [6.45, 7) is 0. The lowest BCUT2D eigenvalue weighted by Crippen LogP contribution is -2.36. The highest BCUT2D eigenvalue weighted by molar-refractivity contribution is 5.73. The van der Waals surface area contributed by atoms with Crippen LogP contribution in [-0.4, -0.2) is 19.1 Å². The summed E-state index contributed by atoms with van der Waals surface area (Å²) in [4.78, 5) is 11.7. The molecule has 3 nitrogen and oxygen atoms in total. The van der Waals surface area contributed by atoms with Crippen LogP contribution in [0.1, 0.15) is 64.2 Å². The molecule has 0 bridgehead atoms. The first-order valence-corrected chi connectivity index (χ1v) is 7.09. The first-order chi connectivity index (χ1) is 8.25. The van der Waals surface area contributed by atoms with Crippen molar-refractivity contribution in [1.29, 1.82) is 0 Å². The molecule has 1 rings (SSSR count). The van der Waals surface area contributed by atoms with Gasteiger partial charge in [-0.2, -0.15) is 0 Å². The van der Waals surface area contributed by atoms with Crippen molar-refractivity contribution < 1.29 is 9.53 Å². The Morgan fingerprint density at radius 3 is 1.94 bits per heavy atom. The molecule has 1 aliphatic carbocycles. The van der Waals surface area contributed by atoms with Gasteiger partial charge in [-0.05, 0) is 12.8 Å². The minimum Gasteiger partial charge on any atom is -0.469 e. The molecular weight excluding hydrogens is 214 g/mol. The quantitative estimate of drug-likeness (QED) is 0.718. The average molecular weight is 241 g/mol. The first kappa shape index (κ1) is 14.5. The molecule has 0 aliphatic heterocycles. The summed E-state index contributed by atoms with van der Waals surface area (Å²) < 4.78 is 4.87. The van der Waals surface area contributed by atoms with Crippen LogP contribution in [0.25, 0.3) is 0 Å². The average Bonchev–Trinajstić information content (AvgIpc) is 2.33. The maximum Gasteiger partial charge on any atom is 0.310 e. The van der Waals surface area contributed by atoms with Crippen molar-refractivity contribution in [2.45, 2.75) is 70.3 Å².